The first kappa shape index (κ1) is 19.2. The Kier molecular flexibility index (Phi) is 5.68. The summed E-state index contributed by atoms with van der Waals surface area (Å²) >= 11 is 0. The Morgan fingerprint density at radius 2 is 2.22 bits per heavy atom. The first-order valence-corrected chi connectivity index (χ1v) is 9.24. The predicted octanol–water partition coefficient (Wildman–Crippen LogP) is 2.54. The largest absolute Gasteiger partial charge is 0.497 e. The maximum absolute atomic E-state index is 14.2. The number of ether oxygens (including phenoxy) is 1. The number of halogens is 1. The molecule has 2 aliphatic rings. The van der Waals surface area contributed by atoms with Gasteiger partial charge in [0.25, 0.3) is 0 Å². The second-order valence-corrected chi connectivity index (χ2v) is 7.21. The number of piperidine rings is 1. The molecule has 0 saturated carbocycles. The van der Waals surface area contributed by atoms with Gasteiger partial charge in [-0.3, -0.25) is 4.79 Å². The van der Waals surface area contributed by atoms with Gasteiger partial charge >= 0.3 is 6.03 Å². The average molecular weight is 375 g/mol. The number of amides is 3. The zero-order chi connectivity index (χ0) is 19.4. The highest BCUT2D eigenvalue weighted by Crippen LogP contribution is 2.40. The van der Waals surface area contributed by atoms with E-state index in [1.807, 2.05) is 0 Å². The van der Waals surface area contributed by atoms with Gasteiger partial charge in [0.1, 0.15) is 11.6 Å². The summed E-state index contributed by atoms with van der Waals surface area (Å²) in [5.74, 6) is 0.228. The minimum absolute atomic E-state index is 0.00925. The molecule has 6 nitrogen and oxygen atoms in total. The van der Waals surface area contributed by atoms with Crippen LogP contribution in [0.15, 0.2) is 30.9 Å². The van der Waals surface area contributed by atoms with Crippen LogP contribution >= 0.6 is 0 Å². The van der Waals surface area contributed by atoms with Crippen molar-refractivity contribution in [3.63, 3.8) is 0 Å². The maximum atomic E-state index is 14.2. The lowest BCUT2D eigenvalue weighted by Gasteiger charge is -2.39. The van der Waals surface area contributed by atoms with Crippen LogP contribution in [0.4, 0.5) is 9.18 Å². The summed E-state index contributed by atoms with van der Waals surface area (Å²) < 4.78 is 19.3. The second-order valence-electron chi connectivity index (χ2n) is 7.21. The molecule has 1 atom stereocenters. The summed E-state index contributed by atoms with van der Waals surface area (Å²) in [6, 6.07) is 4.39. The Labute approximate surface area is 159 Å². The summed E-state index contributed by atoms with van der Waals surface area (Å²) in [5.41, 5.74) is -0.114. The fourth-order valence-electron chi connectivity index (χ4n) is 4.00. The maximum Gasteiger partial charge on any atom is 0.317 e. The highest BCUT2D eigenvalue weighted by atomic mass is 19.1. The molecule has 1 aromatic rings. The van der Waals surface area contributed by atoms with E-state index in [-0.39, 0.29) is 24.3 Å². The number of urea groups is 1. The Morgan fingerprint density at radius 1 is 1.41 bits per heavy atom. The van der Waals surface area contributed by atoms with Gasteiger partial charge in [-0.15, -0.1) is 6.58 Å². The van der Waals surface area contributed by atoms with Crippen molar-refractivity contribution in [1.82, 2.24) is 15.1 Å². The van der Waals surface area contributed by atoms with Crippen LogP contribution in [-0.2, 0) is 11.3 Å². The van der Waals surface area contributed by atoms with E-state index < -0.39 is 5.41 Å². The van der Waals surface area contributed by atoms with Crippen molar-refractivity contribution < 1.29 is 18.7 Å². The second kappa shape index (κ2) is 7.98. The number of methoxy groups -OCH3 is 1. The molecular formula is C20H26FN3O3. The van der Waals surface area contributed by atoms with Crippen molar-refractivity contribution in [2.45, 2.75) is 25.8 Å². The van der Waals surface area contributed by atoms with Crippen LogP contribution in [0.3, 0.4) is 0 Å². The minimum atomic E-state index is -0.556. The normalized spacial score (nSPS) is 22.2. The Hall–Kier alpha value is -2.57. The van der Waals surface area contributed by atoms with Gasteiger partial charge in [-0.05, 0) is 37.5 Å². The molecule has 3 amide bonds. The molecule has 1 spiro atoms. The highest BCUT2D eigenvalue weighted by Gasteiger charge is 2.49. The van der Waals surface area contributed by atoms with Gasteiger partial charge < -0.3 is 19.9 Å². The molecule has 0 bridgehead atoms. The molecular weight excluding hydrogens is 349 g/mol. The lowest BCUT2D eigenvalue weighted by atomic mass is 9.78. The van der Waals surface area contributed by atoms with Gasteiger partial charge in [-0.25, -0.2) is 9.18 Å². The van der Waals surface area contributed by atoms with Crippen LogP contribution in [0.25, 0.3) is 0 Å². The number of nitrogens with one attached hydrogen (secondary N) is 1. The average Bonchev–Trinajstić information content (AvgIpc) is 3.10. The quantitative estimate of drug-likeness (QED) is 0.805. The van der Waals surface area contributed by atoms with Gasteiger partial charge in [0.05, 0.1) is 12.5 Å². The summed E-state index contributed by atoms with van der Waals surface area (Å²) in [6.07, 6.45) is 3.87. The number of carbonyl (C=O) groups excluding carboxylic acids is 2. The third-order valence-electron chi connectivity index (χ3n) is 5.48. The van der Waals surface area contributed by atoms with Crippen molar-refractivity contribution in [2.24, 2.45) is 5.41 Å². The molecule has 1 unspecified atom stereocenters. The summed E-state index contributed by atoms with van der Waals surface area (Å²) in [6.45, 7) is 5.76. The molecule has 2 aliphatic heterocycles. The van der Waals surface area contributed by atoms with Gasteiger partial charge in [0.15, 0.2) is 0 Å². The van der Waals surface area contributed by atoms with E-state index in [2.05, 4.69) is 11.9 Å². The van der Waals surface area contributed by atoms with E-state index >= 15 is 0 Å². The van der Waals surface area contributed by atoms with E-state index in [1.165, 1.54) is 13.2 Å². The number of carbonyl (C=O) groups is 2. The highest BCUT2D eigenvalue weighted by molar-refractivity contribution is 5.86. The van der Waals surface area contributed by atoms with Crippen molar-refractivity contribution in [1.29, 1.82) is 0 Å². The number of nitrogens with zero attached hydrogens (tertiary/aromatic N) is 2. The van der Waals surface area contributed by atoms with E-state index in [0.717, 1.165) is 12.8 Å². The zero-order valence-corrected chi connectivity index (χ0v) is 15.7. The van der Waals surface area contributed by atoms with E-state index in [1.54, 1.807) is 28.0 Å². The molecule has 2 fully saturated rings. The molecule has 3 rings (SSSR count). The Balaban J connectivity index is 1.71. The summed E-state index contributed by atoms with van der Waals surface area (Å²) in [4.78, 5) is 28.8. The van der Waals surface area contributed by atoms with E-state index in [4.69, 9.17) is 4.74 Å². The topological polar surface area (TPSA) is 61.9 Å². The molecule has 0 aromatic heterocycles. The molecule has 1 N–H and O–H groups in total. The SMILES string of the molecule is C=CCNC(=O)N1CCC2(CCCN(Cc3cc(OC)ccc3F)C2=O)C1. The standard InChI is InChI=1S/C20H26FN3O3/c1-3-9-22-19(26)24-11-8-20(14-24)7-4-10-23(18(20)25)13-15-12-16(27-2)5-6-17(15)21/h3,5-6,12H,1,4,7-11,13-14H2,2H3,(H,22,26). The van der Waals surface area contributed by atoms with Crippen LogP contribution in [0.2, 0.25) is 0 Å². The van der Waals surface area contributed by atoms with Crippen LogP contribution in [-0.4, -0.2) is 55.0 Å². The molecule has 0 aliphatic carbocycles. The predicted molar refractivity (Wildman–Crippen MR) is 99.8 cm³/mol. The molecule has 0 radical (unpaired) electrons. The van der Waals surface area contributed by atoms with Crippen LogP contribution in [0.1, 0.15) is 24.8 Å². The van der Waals surface area contributed by atoms with Crippen LogP contribution < -0.4 is 10.1 Å². The first-order valence-electron chi connectivity index (χ1n) is 9.24. The lowest BCUT2D eigenvalue weighted by Crippen LogP contribution is -2.50. The van der Waals surface area contributed by atoms with Gasteiger partial charge in [0.2, 0.25) is 5.91 Å². The molecule has 2 saturated heterocycles. The van der Waals surface area contributed by atoms with Crippen LogP contribution in [0.5, 0.6) is 5.75 Å². The summed E-state index contributed by atoms with van der Waals surface area (Å²) in [5, 5.41) is 2.76. The van der Waals surface area contributed by atoms with Crippen molar-refractivity contribution in [3.05, 3.63) is 42.2 Å². The van der Waals surface area contributed by atoms with Gasteiger partial charge in [0, 0.05) is 38.3 Å². The Morgan fingerprint density at radius 3 is 2.96 bits per heavy atom. The molecule has 2 heterocycles. The van der Waals surface area contributed by atoms with Crippen LogP contribution in [0, 0.1) is 11.2 Å². The van der Waals surface area contributed by atoms with Gasteiger partial charge in [-0.2, -0.15) is 0 Å². The monoisotopic (exact) mass is 375 g/mol. The van der Waals surface area contributed by atoms with Crippen molar-refractivity contribution in [2.75, 3.05) is 33.3 Å². The molecule has 7 heteroatoms. The summed E-state index contributed by atoms with van der Waals surface area (Å²) in [7, 11) is 1.53. The van der Waals surface area contributed by atoms with E-state index in [9.17, 15) is 14.0 Å². The first-order chi connectivity index (χ1) is 13.0. The fourth-order valence-corrected chi connectivity index (χ4v) is 4.00. The smallest absolute Gasteiger partial charge is 0.317 e. The number of likely N-dealkylation sites (tertiary alicyclic amines) is 2. The number of hydrogen-bond acceptors (Lipinski definition) is 3. The molecule has 27 heavy (non-hydrogen) atoms. The lowest BCUT2D eigenvalue weighted by molar-refractivity contribution is -0.146. The third-order valence-corrected chi connectivity index (χ3v) is 5.48. The Bertz CT molecular complexity index is 739. The van der Waals surface area contributed by atoms with Crippen molar-refractivity contribution in [3.8, 4) is 5.75 Å². The van der Waals surface area contributed by atoms with E-state index in [0.29, 0.717) is 43.9 Å². The number of benzene rings is 1. The molecule has 146 valence electrons. The fraction of sp³-hybridized carbons (Fsp3) is 0.500. The third kappa shape index (κ3) is 3.91. The zero-order valence-electron chi connectivity index (χ0n) is 15.7. The van der Waals surface area contributed by atoms with Gasteiger partial charge in [-0.1, -0.05) is 6.08 Å². The molecule has 1 aromatic carbocycles. The number of rotatable bonds is 5. The number of hydrogen-bond donors (Lipinski definition) is 1. The van der Waals surface area contributed by atoms with Crippen molar-refractivity contribution >= 4 is 11.9 Å². The minimum Gasteiger partial charge on any atom is -0.497 e.